The molecule has 5 nitrogen and oxygen atoms in total. The fourth-order valence-corrected chi connectivity index (χ4v) is 3.85. The van der Waals surface area contributed by atoms with Crippen LogP contribution in [0, 0.1) is 0 Å². The van der Waals surface area contributed by atoms with Gasteiger partial charge >= 0.3 is 0 Å². The quantitative estimate of drug-likeness (QED) is 0.846. The van der Waals surface area contributed by atoms with Crippen molar-refractivity contribution in [2.45, 2.75) is 31.9 Å². The van der Waals surface area contributed by atoms with E-state index in [4.69, 9.17) is 21.1 Å². The minimum Gasteiger partial charge on any atom is -0.504 e. The number of hydrogen-bond acceptors (Lipinski definition) is 4. The number of amides is 1. The number of ether oxygens (including phenoxy) is 2. The Morgan fingerprint density at radius 3 is 2.81 bits per heavy atom. The monoisotopic (exact) mass is 387 g/mol. The first-order chi connectivity index (χ1) is 13.1. The summed E-state index contributed by atoms with van der Waals surface area (Å²) in [7, 11) is 0. The van der Waals surface area contributed by atoms with Gasteiger partial charge in [-0.25, -0.2) is 0 Å². The first-order valence-corrected chi connectivity index (χ1v) is 9.64. The third kappa shape index (κ3) is 3.89. The summed E-state index contributed by atoms with van der Waals surface area (Å²) in [6.07, 6.45) is 2.41. The first kappa shape index (κ1) is 18.1. The number of carbonyl (C=O) groups excluding carboxylic acids is 1. The van der Waals surface area contributed by atoms with Gasteiger partial charge < -0.3 is 19.5 Å². The molecule has 0 unspecified atom stereocenters. The van der Waals surface area contributed by atoms with Gasteiger partial charge in [-0.15, -0.1) is 0 Å². The van der Waals surface area contributed by atoms with Gasteiger partial charge in [0.25, 0.3) is 5.91 Å². The van der Waals surface area contributed by atoms with Gasteiger partial charge in [0, 0.05) is 23.7 Å². The van der Waals surface area contributed by atoms with Gasteiger partial charge in [0.15, 0.2) is 11.5 Å². The van der Waals surface area contributed by atoms with Crippen molar-refractivity contribution in [3.8, 4) is 22.6 Å². The van der Waals surface area contributed by atoms with Crippen molar-refractivity contribution in [1.82, 2.24) is 4.90 Å². The summed E-state index contributed by atoms with van der Waals surface area (Å²) in [5.74, 6) is 0.519. The number of nitrogens with zero attached hydrogens (tertiary/aromatic N) is 1. The van der Waals surface area contributed by atoms with E-state index in [1.54, 1.807) is 11.0 Å². The van der Waals surface area contributed by atoms with Gasteiger partial charge in [0.1, 0.15) is 12.7 Å². The highest BCUT2D eigenvalue weighted by molar-refractivity contribution is 6.30. The molecule has 27 heavy (non-hydrogen) atoms. The van der Waals surface area contributed by atoms with E-state index in [0.29, 0.717) is 37.1 Å². The summed E-state index contributed by atoms with van der Waals surface area (Å²) in [5.41, 5.74) is 2.52. The van der Waals surface area contributed by atoms with E-state index in [9.17, 15) is 9.90 Å². The van der Waals surface area contributed by atoms with Crippen LogP contribution in [-0.4, -0.2) is 41.8 Å². The first-order valence-electron chi connectivity index (χ1n) is 9.27. The molecular weight excluding hydrogens is 366 g/mol. The molecule has 1 atom stereocenters. The zero-order valence-corrected chi connectivity index (χ0v) is 15.7. The van der Waals surface area contributed by atoms with Crippen LogP contribution in [0.1, 0.15) is 24.8 Å². The maximum absolute atomic E-state index is 12.9. The number of hydrogen-bond donors (Lipinski definition) is 1. The lowest BCUT2D eigenvalue weighted by Gasteiger charge is -2.28. The molecule has 0 spiro atoms. The SMILES string of the molecule is O=C([C@@H]1CCCCO1)N1CCOc2c(O)cc(-c3cccc(Cl)c3)cc2C1. The number of carbonyl (C=O) groups is 1. The second-order valence-corrected chi connectivity index (χ2v) is 7.39. The number of fused-ring (bicyclic) bond motifs is 1. The molecule has 2 aromatic rings. The molecule has 2 aliphatic heterocycles. The molecule has 0 aromatic heterocycles. The van der Waals surface area contributed by atoms with Crippen molar-refractivity contribution < 1.29 is 19.4 Å². The Balaban J connectivity index is 1.63. The van der Waals surface area contributed by atoms with Gasteiger partial charge in [0.2, 0.25) is 0 Å². The van der Waals surface area contributed by atoms with Crippen LogP contribution in [0.25, 0.3) is 11.1 Å². The summed E-state index contributed by atoms with van der Waals surface area (Å²) in [6.45, 7) is 1.84. The van der Waals surface area contributed by atoms with Crippen LogP contribution in [0.2, 0.25) is 5.02 Å². The van der Waals surface area contributed by atoms with Crippen LogP contribution in [0.3, 0.4) is 0 Å². The van der Waals surface area contributed by atoms with Crippen LogP contribution in [0.5, 0.6) is 11.5 Å². The number of halogens is 1. The standard InChI is InChI=1S/C21H22ClNO4/c22-17-5-3-4-14(11-17)15-10-16-13-23(7-9-27-20(16)18(24)12-15)21(25)19-6-1-2-8-26-19/h3-5,10-12,19,24H,1-2,6-9,13H2/t19-/m0/s1. The maximum atomic E-state index is 12.9. The molecule has 0 bridgehead atoms. The summed E-state index contributed by atoms with van der Waals surface area (Å²) < 4.78 is 11.4. The molecule has 2 aliphatic rings. The Kier molecular flexibility index (Phi) is 5.23. The molecule has 6 heteroatoms. The fourth-order valence-electron chi connectivity index (χ4n) is 3.66. The van der Waals surface area contributed by atoms with Gasteiger partial charge in [-0.05, 0) is 54.7 Å². The molecule has 1 N–H and O–H groups in total. The summed E-state index contributed by atoms with van der Waals surface area (Å²) in [5, 5.41) is 11.1. The average molecular weight is 388 g/mol. The van der Waals surface area contributed by atoms with Crippen LogP contribution in [0.4, 0.5) is 0 Å². The lowest BCUT2D eigenvalue weighted by atomic mass is 10.0. The van der Waals surface area contributed by atoms with Gasteiger partial charge in [-0.1, -0.05) is 23.7 Å². The summed E-state index contributed by atoms with van der Waals surface area (Å²) >= 11 is 6.10. The van der Waals surface area contributed by atoms with E-state index in [0.717, 1.165) is 36.0 Å². The molecule has 0 radical (unpaired) electrons. The molecule has 2 heterocycles. The van der Waals surface area contributed by atoms with Gasteiger partial charge in [-0.3, -0.25) is 4.79 Å². The second-order valence-electron chi connectivity index (χ2n) is 6.96. The Hall–Kier alpha value is -2.24. The lowest BCUT2D eigenvalue weighted by molar-refractivity contribution is -0.147. The van der Waals surface area contributed by atoms with Crippen LogP contribution < -0.4 is 4.74 Å². The highest BCUT2D eigenvalue weighted by Crippen LogP contribution is 2.38. The van der Waals surface area contributed by atoms with Crippen molar-refractivity contribution in [2.75, 3.05) is 19.8 Å². The number of phenols is 1. The highest BCUT2D eigenvalue weighted by Gasteiger charge is 2.29. The molecule has 0 saturated carbocycles. The van der Waals surface area contributed by atoms with Crippen LogP contribution >= 0.6 is 11.6 Å². The number of benzene rings is 2. The van der Waals surface area contributed by atoms with E-state index in [1.807, 2.05) is 30.3 Å². The minimum atomic E-state index is -0.370. The normalized spacial score (nSPS) is 19.7. The Labute approximate surface area is 163 Å². The summed E-state index contributed by atoms with van der Waals surface area (Å²) in [4.78, 5) is 14.6. The Morgan fingerprint density at radius 1 is 1.15 bits per heavy atom. The van der Waals surface area contributed by atoms with Gasteiger partial charge in [-0.2, -0.15) is 0 Å². The smallest absolute Gasteiger partial charge is 0.252 e. The Morgan fingerprint density at radius 2 is 2.04 bits per heavy atom. The topological polar surface area (TPSA) is 59.0 Å². The largest absolute Gasteiger partial charge is 0.504 e. The molecule has 1 fully saturated rings. The average Bonchev–Trinajstić information content (AvgIpc) is 2.91. The van der Waals surface area contributed by atoms with E-state index < -0.39 is 0 Å². The third-order valence-corrected chi connectivity index (χ3v) is 5.27. The van der Waals surface area contributed by atoms with Crippen molar-refractivity contribution in [3.63, 3.8) is 0 Å². The zero-order chi connectivity index (χ0) is 18.8. The molecular formula is C21H22ClNO4. The van der Waals surface area contributed by atoms with E-state index in [1.165, 1.54) is 0 Å². The Bertz CT molecular complexity index is 848. The number of aromatic hydroxyl groups is 1. The molecule has 1 saturated heterocycles. The zero-order valence-electron chi connectivity index (χ0n) is 15.0. The second kappa shape index (κ2) is 7.79. The van der Waals surface area contributed by atoms with Crippen molar-refractivity contribution in [1.29, 1.82) is 0 Å². The predicted octanol–water partition coefficient (Wildman–Crippen LogP) is 4.00. The van der Waals surface area contributed by atoms with Crippen molar-refractivity contribution in [3.05, 3.63) is 47.0 Å². The predicted molar refractivity (Wildman–Crippen MR) is 103 cm³/mol. The van der Waals surface area contributed by atoms with Crippen LogP contribution in [0.15, 0.2) is 36.4 Å². The van der Waals surface area contributed by atoms with Crippen LogP contribution in [-0.2, 0) is 16.1 Å². The molecule has 0 aliphatic carbocycles. The van der Waals surface area contributed by atoms with E-state index >= 15 is 0 Å². The number of rotatable bonds is 2. The maximum Gasteiger partial charge on any atom is 0.252 e. The van der Waals surface area contributed by atoms with Gasteiger partial charge in [0.05, 0.1) is 6.54 Å². The van der Waals surface area contributed by atoms with E-state index in [-0.39, 0.29) is 17.8 Å². The molecule has 2 aromatic carbocycles. The molecule has 142 valence electrons. The van der Waals surface area contributed by atoms with Crippen molar-refractivity contribution >= 4 is 17.5 Å². The number of phenolic OH excluding ortho intramolecular Hbond substituents is 1. The summed E-state index contributed by atoms with van der Waals surface area (Å²) in [6, 6.07) is 11.1. The minimum absolute atomic E-state index is 0.00111. The lowest BCUT2D eigenvalue weighted by Crippen LogP contribution is -2.42. The van der Waals surface area contributed by atoms with E-state index in [2.05, 4.69) is 0 Å². The highest BCUT2D eigenvalue weighted by atomic mass is 35.5. The molecule has 4 rings (SSSR count). The van der Waals surface area contributed by atoms with Crippen molar-refractivity contribution in [2.24, 2.45) is 0 Å². The third-order valence-electron chi connectivity index (χ3n) is 5.04. The molecule has 1 amide bonds. The fraction of sp³-hybridized carbons (Fsp3) is 0.381.